The van der Waals surface area contributed by atoms with Crippen LogP contribution in [0.1, 0.15) is 92.9 Å². The monoisotopic (exact) mass is 586 g/mol. The summed E-state index contributed by atoms with van der Waals surface area (Å²) in [5, 5.41) is 5.10. The van der Waals surface area contributed by atoms with E-state index in [1.165, 1.54) is 71.0 Å². The quantitative estimate of drug-likeness (QED) is 0.358. The first-order valence-electron chi connectivity index (χ1n) is 14.6. The maximum atomic E-state index is 6.28. The molecule has 236 valence electrons. The summed E-state index contributed by atoms with van der Waals surface area (Å²) >= 11 is 6.28. The van der Waals surface area contributed by atoms with Crippen LogP contribution in [0, 0.1) is 35.0 Å². The van der Waals surface area contributed by atoms with E-state index in [2.05, 4.69) is 74.4 Å². The van der Waals surface area contributed by atoms with E-state index < -0.39 is 0 Å². The van der Waals surface area contributed by atoms with Gasteiger partial charge in [0.25, 0.3) is 0 Å². The van der Waals surface area contributed by atoms with Crippen LogP contribution in [-0.4, -0.2) is 59.0 Å². The van der Waals surface area contributed by atoms with Crippen LogP contribution in [0.3, 0.4) is 0 Å². The van der Waals surface area contributed by atoms with E-state index >= 15 is 0 Å². The number of hydrogen-bond acceptors (Lipinski definition) is 2. The molecule has 3 aliphatic carbocycles. The molecule has 6 nitrogen and oxygen atoms in total. The molecule has 0 aromatic rings. The Labute approximate surface area is 250 Å². The van der Waals surface area contributed by atoms with E-state index in [0.717, 1.165) is 35.8 Å². The van der Waals surface area contributed by atoms with Crippen LogP contribution in [0.15, 0.2) is 47.1 Å². The van der Waals surface area contributed by atoms with Crippen molar-refractivity contribution in [3.05, 3.63) is 47.1 Å². The molecule has 0 aromatic heterocycles. The Bertz CT molecular complexity index is 823. The summed E-state index contributed by atoms with van der Waals surface area (Å²) < 4.78 is 0. The molecule has 1 fully saturated rings. The van der Waals surface area contributed by atoms with Gasteiger partial charge in [0.05, 0.1) is 0 Å². The molecule has 4 rings (SSSR count). The van der Waals surface area contributed by atoms with Gasteiger partial charge in [0, 0.05) is 30.7 Å². The SMILES string of the molecule is C.CC(C)[C@H](CN1CC[C@H](C2CC=C(Cl)CC2)C(C)(C)C1)NCC1C=CC=C(CC2CC=CCC2)C1.O.O.O.O. The molecule has 0 saturated carbocycles. The topological polar surface area (TPSA) is 141 Å². The van der Waals surface area contributed by atoms with Crippen molar-refractivity contribution in [1.29, 1.82) is 0 Å². The largest absolute Gasteiger partial charge is 0.412 e. The summed E-state index contributed by atoms with van der Waals surface area (Å²) in [5.41, 5.74) is 2.05. The van der Waals surface area contributed by atoms with Crippen LogP contribution in [0.5, 0.6) is 0 Å². The van der Waals surface area contributed by atoms with E-state index in [0.29, 0.717) is 23.3 Å². The van der Waals surface area contributed by atoms with Crippen molar-refractivity contribution in [2.45, 2.75) is 99.0 Å². The van der Waals surface area contributed by atoms with Crippen LogP contribution >= 0.6 is 11.6 Å². The fraction of sp³-hybridized carbons (Fsp3) is 0.758. The second kappa shape index (κ2) is 19.2. The number of nitrogens with zero attached hydrogens (tertiary/aromatic N) is 1. The minimum Gasteiger partial charge on any atom is -0.412 e. The number of piperidine rings is 1. The van der Waals surface area contributed by atoms with Crippen LogP contribution in [0.4, 0.5) is 0 Å². The summed E-state index contributed by atoms with van der Waals surface area (Å²) in [6.45, 7) is 14.6. The molecule has 5 atom stereocenters. The van der Waals surface area contributed by atoms with Crippen molar-refractivity contribution in [3.63, 3.8) is 0 Å². The van der Waals surface area contributed by atoms with Crippen molar-refractivity contribution in [3.8, 4) is 0 Å². The highest BCUT2D eigenvalue weighted by atomic mass is 35.5. The highest BCUT2D eigenvalue weighted by Crippen LogP contribution is 2.45. The minimum absolute atomic E-state index is 0. The first-order valence-corrected chi connectivity index (χ1v) is 15.0. The number of hydrogen-bond donors (Lipinski definition) is 1. The third-order valence-electron chi connectivity index (χ3n) is 9.43. The zero-order chi connectivity index (χ0) is 24.8. The van der Waals surface area contributed by atoms with E-state index in [1.807, 2.05) is 0 Å². The molecule has 1 aliphatic heterocycles. The highest BCUT2D eigenvalue weighted by Gasteiger charge is 2.40. The maximum Gasteiger partial charge on any atom is 0.0218 e. The zero-order valence-corrected chi connectivity index (χ0v) is 25.7. The molecule has 9 N–H and O–H groups in total. The Morgan fingerprint density at radius 2 is 1.80 bits per heavy atom. The lowest BCUT2D eigenvalue weighted by atomic mass is 9.65. The number of nitrogens with one attached hydrogen (secondary N) is 1. The van der Waals surface area contributed by atoms with Gasteiger partial charge in [0.2, 0.25) is 0 Å². The van der Waals surface area contributed by atoms with Crippen molar-refractivity contribution in [1.82, 2.24) is 10.2 Å². The number of rotatable bonds is 9. The summed E-state index contributed by atoms with van der Waals surface area (Å²) in [7, 11) is 0. The fourth-order valence-corrected chi connectivity index (χ4v) is 7.52. The number of halogens is 1. The molecule has 4 aliphatic rings. The molecule has 0 spiro atoms. The third-order valence-corrected chi connectivity index (χ3v) is 9.77. The van der Waals surface area contributed by atoms with Gasteiger partial charge in [-0.25, -0.2) is 0 Å². The predicted octanol–water partition coefficient (Wildman–Crippen LogP) is 5.46. The molecule has 1 heterocycles. The molecular weight excluding hydrogens is 524 g/mol. The first-order chi connectivity index (χ1) is 16.8. The zero-order valence-electron chi connectivity index (χ0n) is 24.9. The van der Waals surface area contributed by atoms with Crippen molar-refractivity contribution < 1.29 is 21.9 Å². The van der Waals surface area contributed by atoms with Crippen LogP contribution in [0.2, 0.25) is 0 Å². The molecule has 7 heteroatoms. The molecule has 1 saturated heterocycles. The predicted molar refractivity (Wildman–Crippen MR) is 174 cm³/mol. The van der Waals surface area contributed by atoms with Gasteiger partial charge >= 0.3 is 0 Å². The molecule has 3 unspecified atom stereocenters. The Hall–Kier alpha value is -0.990. The van der Waals surface area contributed by atoms with Gasteiger partial charge in [-0.3, -0.25) is 0 Å². The molecule has 0 aromatic carbocycles. The van der Waals surface area contributed by atoms with E-state index in [4.69, 9.17) is 11.6 Å². The van der Waals surface area contributed by atoms with E-state index in [9.17, 15) is 0 Å². The summed E-state index contributed by atoms with van der Waals surface area (Å²) in [5.74, 6) is 3.80. The Balaban J connectivity index is 0. The molecule has 0 radical (unpaired) electrons. The second-order valence-corrected chi connectivity index (χ2v) is 13.6. The van der Waals surface area contributed by atoms with Gasteiger partial charge in [0.15, 0.2) is 0 Å². The lowest BCUT2D eigenvalue weighted by Crippen LogP contribution is -2.53. The van der Waals surface area contributed by atoms with E-state index in [1.54, 1.807) is 5.57 Å². The lowest BCUT2D eigenvalue weighted by Gasteiger charge is -2.49. The second-order valence-electron chi connectivity index (χ2n) is 13.1. The summed E-state index contributed by atoms with van der Waals surface area (Å²) in [6.07, 6.45) is 25.6. The molecular formula is C33H63ClN2O4. The van der Waals surface area contributed by atoms with Crippen LogP contribution < -0.4 is 5.32 Å². The Kier molecular flexibility index (Phi) is 19.8. The van der Waals surface area contributed by atoms with Crippen molar-refractivity contribution >= 4 is 11.6 Å². The normalized spacial score (nSPS) is 28.4. The average Bonchev–Trinajstić information content (AvgIpc) is 2.83. The summed E-state index contributed by atoms with van der Waals surface area (Å²) in [6, 6.07) is 0.560. The standard InChI is InChI=1S/C32H51ClN2.CH4.4H2O/c1-24(2)31(34-21-27-12-8-11-26(20-27)19-25-9-6-5-7-10-25)22-35-18-17-30(32(3,4)23-35)28-13-15-29(33)16-14-28;;;;;/h5-6,8,11-12,15,24-25,27-28,30-31,34H,7,9-10,13-14,16-23H2,1-4H3;1H4;4*1H2/t25?,27?,28?,30-,31+;;;;;/m1...../s1. The fourth-order valence-electron chi connectivity index (χ4n) is 7.32. The van der Waals surface area contributed by atoms with Gasteiger partial charge in [0.1, 0.15) is 0 Å². The van der Waals surface area contributed by atoms with Gasteiger partial charge in [-0.1, -0.05) is 88.8 Å². The van der Waals surface area contributed by atoms with Crippen LogP contribution in [-0.2, 0) is 0 Å². The average molecular weight is 587 g/mol. The molecule has 0 bridgehead atoms. The first kappa shape index (κ1) is 41.1. The van der Waals surface area contributed by atoms with Crippen molar-refractivity contribution in [2.75, 3.05) is 26.2 Å². The van der Waals surface area contributed by atoms with Gasteiger partial charge in [-0.2, -0.15) is 0 Å². The minimum atomic E-state index is 0. The third kappa shape index (κ3) is 11.7. The van der Waals surface area contributed by atoms with Gasteiger partial charge < -0.3 is 32.1 Å². The smallest absolute Gasteiger partial charge is 0.0218 e. The Morgan fingerprint density at radius 1 is 1.05 bits per heavy atom. The van der Waals surface area contributed by atoms with Gasteiger partial charge in [-0.05, 0) is 99.3 Å². The highest BCUT2D eigenvalue weighted by molar-refractivity contribution is 6.29. The lowest BCUT2D eigenvalue weighted by molar-refractivity contribution is 0.0117. The Morgan fingerprint density at radius 3 is 2.40 bits per heavy atom. The molecule has 0 amide bonds. The van der Waals surface area contributed by atoms with E-state index in [-0.39, 0.29) is 29.3 Å². The van der Waals surface area contributed by atoms with Crippen LogP contribution in [0.25, 0.3) is 0 Å². The number of likely N-dealkylation sites (tertiary alicyclic amines) is 1. The van der Waals surface area contributed by atoms with Crippen molar-refractivity contribution in [2.24, 2.45) is 35.0 Å². The maximum absolute atomic E-state index is 6.28. The summed E-state index contributed by atoms with van der Waals surface area (Å²) in [4.78, 5) is 2.76. The van der Waals surface area contributed by atoms with Gasteiger partial charge in [-0.15, -0.1) is 0 Å². The molecule has 40 heavy (non-hydrogen) atoms. The number of allylic oxidation sites excluding steroid dienone is 7.